The van der Waals surface area contributed by atoms with E-state index in [4.69, 9.17) is 4.74 Å². The average Bonchev–Trinajstić information content (AvgIpc) is 2.50. The van der Waals surface area contributed by atoms with Gasteiger partial charge in [0, 0.05) is 26.2 Å². The van der Waals surface area contributed by atoms with Crippen LogP contribution in [0.1, 0.15) is 12.0 Å². The second-order valence-electron chi connectivity index (χ2n) is 5.61. The Morgan fingerprint density at radius 1 is 1.14 bits per heavy atom. The van der Waals surface area contributed by atoms with E-state index in [0.29, 0.717) is 5.75 Å². The molecule has 1 aliphatic heterocycles. The van der Waals surface area contributed by atoms with Crippen molar-refractivity contribution in [1.82, 2.24) is 9.80 Å². The van der Waals surface area contributed by atoms with Crippen LogP contribution < -0.4 is 9.47 Å². The van der Waals surface area contributed by atoms with Crippen LogP contribution in [0.4, 0.5) is 8.78 Å². The Morgan fingerprint density at radius 2 is 1.86 bits per heavy atom. The average molecular weight is 314 g/mol. The molecule has 1 aromatic carbocycles. The van der Waals surface area contributed by atoms with Crippen molar-refractivity contribution in [3.8, 4) is 11.5 Å². The second-order valence-corrected chi connectivity index (χ2v) is 5.61. The van der Waals surface area contributed by atoms with Gasteiger partial charge in [-0.2, -0.15) is 8.78 Å². The lowest BCUT2D eigenvalue weighted by atomic mass is 10.1. The molecule has 1 fully saturated rings. The van der Waals surface area contributed by atoms with Gasteiger partial charge in [-0.25, -0.2) is 0 Å². The van der Waals surface area contributed by atoms with Crippen molar-refractivity contribution in [1.29, 1.82) is 0 Å². The highest BCUT2D eigenvalue weighted by atomic mass is 19.3. The van der Waals surface area contributed by atoms with Gasteiger partial charge >= 0.3 is 6.61 Å². The summed E-state index contributed by atoms with van der Waals surface area (Å²) < 4.78 is 34.1. The topological polar surface area (TPSA) is 24.9 Å². The number of nitrogens with zero attached hydrogens (tertiary/aromatic N) is 2. The van der Waals surface area contributed by atoms with Gasteiger partial charge in [-0.15, -0.1) is 0 Å². The number of methoxy groups -OCH3 is 1. The fourth-order valence-corrected chi connectivity index (χ4v) is 2.64. The normalized spacial score (nSPS) is 17.0. The van der Waals surface area contributed by atoms with Gasteiger partial charge in [-0.05, 0) is 44.1 Å². The second kappa shape index (κ2) is 8.29. The molecule has 1 saturated heterocycles. The Kier molecular flexibility index (Phi) is 6.39. The smallest absolute Gasteiger partial charge is 0.387 e. The highest BCUT2D eigenvalue weighted by Gasteiger charge is 2.14. The summed E-state index contributed by atoms with van der Waals surface area (Å²) in [5.41, 5.74) is 1.08. The van der Waals surface area contributed by atoms with E-state index in [9.17, 15) is 8.78 Å². The van der Waals surface area contributed by atoms with Crippen molar-refractivity contribution in [2.45, 2.75) is 19.5 Å². The molecule has 22 heavy (non-hydrogen) atoms. The van der Waals surface area contributed by atoms with E-state index >= 15 is 0 Å². The Bertz CT molecular complexity index is 463. The number of halogens is 2. The first-order valence-electron chi connectivity index (χ1n) is 7.61. The highest BCUT2D eigenvalue weighted by Crippen LogP contribution is 2.29. The third kappa shape index (κ3) is 5.10. The highest BCUT2D eigenvalue weighted by molar-refractivity contribution is 5.43. The van der Waals surface area contributed by atoms with E-state index in [0.717, 1.165) is 51.1 Å². The van der Waals surface area contributed by atoms with E-state index in [2.05, 4.69) is 21.6 Å². The Hall–Kier alpha value is -1.40. The van der Waals surface area contributed by atoms with Gasteiger partial charge in [0.2, 0.25) is 0 Å². The molecule has 0 aromatic heterocycles. The molecular formula is C16H24F2N2O2. The standard InChI is InChI=1S/C16H24F2N2O2/c1-19-8-10-20(11-9-19)7-3-4-13-5-6-14(22-16(17)18)15(12-13)21-2/h5-6,12,16H,3-4,7-11H2,1-2H3. The number of benzene rings is 1. The molecule has 0 bridgehead atoms. The number of aryl methyl sites for hydroxylation is 1. The molecule has 0 unspecified atom stereocenters. The van der Waals surface area contributed by atoms with Crippen molar-refractivity contribution >= 4 is 0 Å². The molecule has 0 spiro atoms. The maximum Gasteiger partial charge on any atom is 0.387 e. The quantitative estimate of drug-likeness (QED) is 0.772. The maximum atomic E-state index is 12.3. The molecule has 0 radical (unpaired) electrons. The van der Waals surface area contributed by atoms with E-state index in [1.54, 1.807) is 12.1 Å². The van der Waals surface area contributed by atoms with Gasteiger partial charge in [0.1, 0.15) is 0 Å². The number of rotatable bonds is 7. The van der Waals surface area contributed by atoms with Crippen molar-refractivity contribution in [3.05, 3.63) is 23.8 Å². The summed E-state index contributed by atoms with van der Waals surface area (Å²) in [6, 6.07) is 5.15. The lowest BCUT2D eigenvalue weighted by molar-refractivity contribution is -0.0512. The zero-order valence-corrected chi connectivity index (χ0v) is 13.2. The Labute approximate surface area is 130 Å². The summed E-state index contributed by atoms with van der Waals surface area (Å²) in [5.74, 6) is 0.442. The van der Waals surface area contributed by atoms with Gasteiger partial charge in [0.15, 0.2) is 11.5 Å². The first kappa shape index (κ1) is 17.0. The fourth-order valence-electron chi connectivity index (χ4n) is 2.64. The summed E-state index contributed by atoms with van der Waals surface area (Å²) in [5, 5.41) is 0. The summed E-state index contributed by atoms with van der Waals surface area (Å²) in [6.07, 6.45) is 1.94. The molecule has 124 valence electrons. The molecule has 4 nitrogen and oxygen atoms in total. The van der Waals surface area contributed by atoms with E-state index in [1.165, 1.54) is 7.11 Å². The van der Waals surface area contributed by atoms with Gasteiger partial charge in [-0.3, -0.25) is 0 Å². The fraction of sp³-hybridized carbons (Fsp3) is 0.625. The summed E-state index contributed by atoms with van der Waals surface area (Å²) >= 11 is 0. The molecular weight excluding hydrogens is 290 g/mol. The number of ether oxygens (including phenoxy) is 2. The van der Waals surface area contributed by atoms with E-state index < -0.39 is 6.61 Å². The van der Waals surface area contributed by atoms with Gasteiger partial charge in [-0.1, -0.05) is 6.07 Å². The monoisotopic (exact) mass is 314 g/mol. The minimum Gasteiger partial charge on any atom is -0.493 e. The van der Waals surface area contributed by atoms with Crippen LogP contribution in [0.2, 0.25) is 0 Å². The number of alkyl halides is 2. The predicted molar refractivity (Wildman–Crippen MR) is 81.9 cm³/mol. The summed E-state index contributed by atoms with van der Waals surface area (Å²) in [4.78, 5) is 4.80. The molecule has 2 rings (SSSR count). The van der Waals surface area contributed by atoms with E-state index in [1.807, 2.05) is 6.07 Å². The van der Waals surface area contributed by atoms with Crippen LogP contribution in [0.3, 0.4) is 0 Å². The molecule has 0 aliphatic carbocycles. The molecule has 0 saturated carbocycles. The summed E-state index contributed by atoms with van der Waals surface area (Å²) in [7, 11) is 3.61. The van der Waals surface area contributed by atoms with Crippen LogP contribution in [-0.2, 0) is 6.42 Å². The molecule has 1 aliphatic rings. The largest absolute Gasteiger partial charge is 0.493 e. The van der Waals surface area contributed by atoms with Crippen LogP contribution in [0.25, 0.3) is 0 Å². The van der Waals surface area contributed by atoms with Crippen LogP contribution >= 0.6 is 0 Å². The zero-order chi connectivity index (χ0) is 15.9. The van der Waals surface area contributed by atoms with Crippen LogP contribution in [0, 0.1) is 0 Å². The van der Waals surface area contributed by atoms with Crippen molar-refractivity contribution in [3.63, 3.8) is 0 Å². The maximum absolute atomic E-state index is 12.3. The third-order valence-corrected chi connectivity index (χ3v) is 3.98. The molecule has 1 heterocycles. The predicted octanol–water partition coefficient (Wildman–Crippen LogP) is 2.48. The SMILES string of the molecule is COc1cc(CCCN2CCN(C)CC2)ccc1OC(F)F. The number of hydrogen-bond donors (Lipinski definition) is 0. The van der Waals surface area contributed by atoms with Gasteiger partial charge in [0.05, 0.1) is 7.11 Å². The first-order chi connectivity index (χ1) is 10.6. The lowest BCUT2D eigenvalue weighted by Gasteiger charge is -2.32. The third-order valence-electron chi connectivity index (χ3n) is 3.98. The molecule has 0 N–H and O–H groups in total. The lowest BCUT2D eigenvalue weighted by Crippen LogP contribution is -2.44. The number of hydrogen-bond acceptors (Lipinski definition) is 4. The Morgan fingerprint density at radius 3 is 2.50 bits per heavy atom. The molecule has 0 atom stereocenters. The van der Waals surface area contributed by atoms with Crippen molar-refractivity contribution in [2.75, 3.05) is 46.9 Å². The summed E-state index contributed by atoms with van der Waals surface area (Å²) in [6.45, 7) is 2.69. The number of likely N-dealkylation sites (N-methyl/N-ethyl adjacent to an activating group) is 1. The minimum atomic E-state index is -2.84. The molecule has 6 heteroatoms. The first-order valence-corrected chi connectivity index (χ1v) is 7.61. The van der Waals surface area contributed by atoms with Gasteiger partial charge in [0.25, 0.3) is 0 Å². The van der Waals surface area contributed by atoms with Crippen LogP contribution in [0.5, 0.6) is 11.5 Å². The zero-order valence-electron chi connectivity index (χ0n) is 13.2. The van der Waals surface area contributed by atoms with E-state index in [-0.39, 0.29) is 5.75 Å². The van der Waals surface area contributed by atoms with Crippen molar-refractivity contribution < 1.29 is 18.3 Å². The van der Waals surface area contributed by atoms with Crippen LogP contribution in [0.15, 0.2) is 18.2 Å². The van der Waals surface area contributed by atoms with Gasteiger partial charge < -0.3 is 19.3 Å². The van der Waals surface area contributed by atoms with Crippen LogP contribution in [-0.4, -0.2) is 63.3 Å². The molecule has 0 amide bonds. The minimum absolute atomic E-state index is 0.0836. The Balaban J connectivity index is 1.82. The van der Waals surface area contributed by atoms with Crippen molar-refractivity contribution in [2.24, 2.45) is 0 Å². The molecule has 1 aromatic rings. The number of piperazine rings is 1.